The second-order valence-electron chi connectivity index (χ2n) is 4.68. The van der Waals surface area contributed by atoms with E-state index < -0.39 is 39.8 Å². The molecule has 1 atom stereocenters. The first-order valence-electron chi connectivity index (χ1n) is 6.82. The molecule has 0 rings (SSSR count). The van der Waals surface area contributed by atoms with Gasteiger partial charge in [-0.05, 0) is 6.42 Å². The predicted molar refractivity (Wildman–Crippen MR) is 79.5 cm³/mol. The standard InChI is InChI=1S/C7H9F7O3S.C6H11N/c1-2-3-4(8)5(9,10)6(11,12)7(13,14)18(15,16)17;1-3-5-7-6-4-2/h4H,2-3H2,1H3,(H,15,16,17);3-4,7H,1-2,5-6H2. The molecule has 25 heavy (non-hydrogen) atoms. The van der Waals surface area contributed by atoms with Gasteiger partial charge in [0.25, 0.3) is 0 Å². The van der Waals surface area contributed by atoms with Crippen LogP contribution < -0.4 is 5.32 Å². The smallest absolute Gasteiger partial charge is 0.310 e. The molecule has 2 N–H and O–H groups in total. The average Bonchev–Trinajstić information content (AvgIpc) is 2.47. The van der Waals surface area contributed by atoms with Gasteiger partial charge in [0.2, 0.25) is 0 Å². The summed E-state index contributed by atoms with van der Waals surface area (Å²) in [5.41, 5.74) is 0. The van der Waals surface area contributed by atoms with E-state index in [0.717, 1.165) is 20.0 Å². The molecular formula is C13H20F7NO3S. The van der Waals surface area contributed by atoms with Gasteiger partial charge in [0, 0.05) is 13.1 Å². The molecule has 0 aromatic rings. The van der Waals surface area contributed by atoms with Crippen LogP contribution in [0.25, 0.3) is 0 Å². The zero-order chi connectivity index (χ0) is 20.5. The van der Waals surface area contributed by atoms with Gasteiger partial charge in [-0.1, -0.05) is 25.5 Å². The molecule has 4 nitrogen and oxygen atoms in total. The molecule has 0 aliphatic rings. The van der Waals surface area contributed by atoms with E-state index >= 15 is 0 Å². The molecule has 0 fully saturated rings. The summed E-state index contributed by atoms with van der Waals surface area (Å²) in [7, 11) is -6.82. The van der Waals surface area contributed by atoms with Gasteiger partial charge < -0.3 is 5.32 Å². The Balaban J connectivity index is 0. The van der Waals surface area contributed by atoms with Crippen molar-refractivity contribution in [3.63, 3.8) is 0 Å². The van der Waals surface area contributed by atoms with E-state index in [4.69, 9.17) is 4.55 Å². The molecule has 0 aliphatic carbocycles. The molecule has 0 heterocycles. The van der Waals surface area contributed by atoms with Crippen LogP contribution >= 0.6 is 0 Å². The molecule has 0 saturated carbocycles. The fourth-order valence-corrected chi connectivity index (χ4v) is 1.73. The van der Waals surface area contributed by atoms with Crippen molar-refractivity contribution < 1.29 is 43.7 Å². The number of halogens is 7. The zero-order valence-corrected chi connectivity index (χ0v) is 14.1. The summed E-state index contributed by atoms with van der Waals surface area (Å²) in [5, 5.41) is -3.45. The number of rotatable bonds is 10. The summed E-state index contributed by atoms with van der Waals surface area (Å²) in [5.74, 6) is -12.5. The maximum Gasteiger partial charge on any atom is 0.438 e. The Hall–Kier alpha value is -1.14. The van der Waals surface area contributed by atoms with Crippen LogP contribution in [0.3, 0.4) is 0 Å². The van der Waals surface area contributed by atoms with Crippen LogP contribution in [0.1, 0.15) is 19.8 Å². The summed E-state index contributed by atoms with van der Waals surface area (Å²) in [6, 6.07) is 0. The maximum absolute atomic E-state index is 12.8. The molecule has 0 spiro atoms. The van der Waals surface area contributed by atoms with Crippen molar-refractivity contribution in [1.82, 2.24) is 5.32 Å². The van der Waals surface area contributed by atoms with Crippen molar-refractivity contribution in [3.8, 4) is 0 Å². The molecule has 0 saturated heterocycles. The molecule has 0 radical (unpaired) electrons. The summed E-state index contributed by atoms with van der Waals surface area (Å²) < 4.78 is 117. The van der Waals surface area contributed by atoms with Gasteiger partial charge in [-0.25, -0.2) is 4.39 Å². The minimum Gasteiger partial charge on any atom is -0.310 e. The number of nitrogens with one attached hydrogen (secondary N) is 1. The van der Waals surface area contributed by atoms with E-state index in [2.05, 4.69) is 18.5 Å². The fraction of sp³-hybridized carbons (Fsp3) is 0.692. The fourth-order valence-electron chi connectivity index (χ4n) is 1.27. The van der Waals surface area contributed by atoms with E-state index in [1.807, 2.05) is 12.2 Å². The summed E-state index contributed by atoms with van der Waals surface area (Å²) >= 11 is 0. The Labute approximate surface area is 141 Å². The van der Waals surface area contributed by atoms with Crippen molar-refractivity contribution in [2.24, 2.45) is 0 Å². The number of alkyl halides is 7. The Morgan fingerprint density at radius 3 is 1.76 bits per heavy atom. The van der Waals surface area contributed by atoms with Gasteiger partial charge >= 0.3 is 27.2 Å². The van der Waals surface area contributed by atoms with Crippen molar-refractivity contribution in [3.05, 3.63) is 25.3 Å². The second-order valence-corrected chi connectivity index (χ2v) is 6.14. The van der Waals surface area contributed by atoms with E-state index in [9.17, 15) is 39.2 Å². The van der Waals surface area contributed by atoms with Gasteiger partial charge in [0.05, 0.1) is 0 Å². The highest BCUT2D eigenvalue weighted by atomic mass is 32.2. The third-order valence-corrected chi connectivity index (χ3v) is 3.53. The Morgan fingerprint density at radius 1 is 1.08 bits per heavy atom. The van der Waals surface area contributed by atoms with Crippen LogP contribution in [-0.4, -0.2) is 49.3 Å². The first-order valence-corrected chi connectivity index (χ1v) is 8.26. The number of hydrogen-bond donors (Lipinski definition) is 2. The van der Waals surface area contributed by atoms with Crippen LogP contribution in [0.4, 0.5) is 30.7 Å². The van der Waals surface area contributed by atoms with Crippen LogP contribution in [0.5, 0.6) is 0 Å². The van der Waals surface area contributed by atoms with E-state index in [1.165, 1.54) is 0 Å². The van der Waals surface area contributed by atoms with Crippen LogP contribution in [-0.2, 0) is 10.1 Å². The number of hydrogen-bond acceptors (Lipinski definition) is 3. The lowest BCUT2D eigenvalue weighted by atomic mass is 10.0. The zero-order valence-electron chi connectivity index (χ0n) is 13.3. The molecule has 0 aromatic carbocycles. The summed E-state index contributed by atoms with van der Waals surface area (Å²) in [6.45, 7) is 9.93. The van der Waals surface area contributed by atoms with Crippen LogP contribution in [0, 0.1) is 0 Å². The maximum atomic E-state index is 12.8. The molecule has 0 bridgehead atoms. The molecule has 0 amide bonds. The van der Waals surface area contributed by atoms with Crippen molar-refractivity contribution in [1.29, 1.82) is 0 Å². The minimum atomic E-state index is -6.82. The molecule has 12 heteroatoms. The quantitative estimate of drug-likeness (QED) is 0.252. The van der Waals surface area contributed by atoms with E-state index in [1.54, 1.807) is 0 Å². The first kappa shape index (κ1) is 26.1. The topological polar surface area (TPSA) is 66.4 Å². The average molecular weight is 403 g/mol. The lowest BCUT2D eigenvalue weighted by Gasteiger charge is -2.32. The van der Waals surface area contributed by atoms with Gasteiger partial charge in [0.15, 0.2) is 6.17 Å². The summed E-state index contributed by atoms with van der Waals surface area (Å²) in [4.78, 5) is 0. The molecule has 0 aliphatic heterocycles. The highest BCUT2D eigenvalue weighted by Crippen LogP contribution is 2.50. The SMILES string of the molecule is C=CCNCC=C.CCCC(F)C(F)(F)C(F)(F)C(F)(F)S(=O)(=O)O. The minimum absolute atomic E-state index is 0.357. The molecule has 150 valence electrons. The molecule has 1 unspecified atom stereocenters. The summed E-state index contributed by atoms with van der Waals surface area (Å²) in [6.07, 6.45) is -1.56. The third-order valence-electron chi connectivity index (χ3n) is 2.62. The van der Waals surface area contributed by atoms with E-state index in [0.29, 0.717) is 0 Å². The van der Waals surface area contributed by atoms with Crippen LogP contribution in [0.15, 0.2) is 25.3 Å². The van der Waals surface area contributed by atoms with Crippen LogP contribution in [0.2, 0.25) is 0 Å². The van der Waals surface area contributed by atoms with Gasteiger partial charge in [0.1, 0.15) is 0 Å². The Bertz CT molecular complexity index is 516. The lowest BCUT2D eigenvalue weighted by Crippen LogP contribution is -2.61. The monoisotopic (exact) mass is 403 g/mol. The van der Waals surface area contributed by atoms with E-state index in [-0.39, 0.29) is 6.42 Å². The molecular weight excluding hydrogens is 383 g/mol. The second kappa shape index (κ2) is 10.1. The van der Waals surface area contributed by atoms with Crippen molar-refractivity contribution >= 4 is 10.1 Å². The van der Waals surface area contributed by atoms with Gasteiger partial charge in [-0.15, -0.1) is 13.2 Å². The van der Waals surface area contributed by atoms with Crippen molar-refractivity contribution in [2.45, 2.75) is 43.0 Å². The Morgan fingerprint density at radius 2 is 1.48 bits per heavy atom. The van der Waals surface area contributed by atoms with Gasteiger partial charge in [-0.3, -0.25) is 4.55 Å². The predicted octanol–water partition coefficient (Wildman–Crippen LogP) is 3.82. The molecule has 0 aromatic heterocycles. The highest BCUT2D eigenvalue weighted by Gasteiger charge is 2.79. The third kappa shape index (κ3) is 6.59. The lowest BCUT2D eigenvalue weighted by molar-refractivity contribution is -0.300. The normalized spacial score (nSPS) is 14.3. The Kier molecular flexibility index (Phi) is 10.6. The first-order chi connectivity index (χ1) is 11.1. The van der Waals surface area contributed by atoms with Gasteiger partial charge in [-0.2, -0.15) is 34.8 Å². The largest absolute Gasteiger partial charge is 0.438 e. The van der Waals surface area contributed by atoms with Crippen molar-refractivity contribution in [2.75, 3.05) is 13.1 Å². The highest BCUT2D eigenvalue weighted by molar-refractivity contribution is 7.87.